The van der Waals surface area contributed by atoms with Crippen LogP contribution in [0, 0.1) is 13.8 Å². The number of nitrogens with one attached hydrogen (secondary N) is 1. The number of aromatic nitrogens is 1. The zero-order valence-electron chi connectivity index (χ0n) is 15.3. The minimum absolute atomic E-state index is 0.0772. The Morgan fingerprint density at radius 2 is 2.00 bits per heavy atom. The maximum atomic E-state index is 12.8. The van der Waals surface area contributed by atoms with Crippen LogP contribution in [0.3, 0.4) is 0 Å². The standard InChI is InChI=1S/C21H17N3O3S/c1-12-3-5-15(9-13(12)2)23-20-17(19(26)24-21-22-7-8-28-21)10-14-4-6-16(25)11-18(14)27-20/h3-11,25H,1-2H3,(H,22,24,26). The highest BCUT2D eigenvalue weighted by atomic mass is 32.1. The number of aryl methyl sites for hydroxylation is 2. The molecule has 4 rings (SSSR count). The van der Waals surface area contributed by atoms with Gasteiger partial charge < -0.3 is 9.52 Å². The van der Waals surface area contributed by atoms with Gasteiger partial charge in [0.2, 0.25) is 5.55 Å². The first-order valence-corrected chi connectivity index (χ1v) is 9.47. The number of amides is 1. The number of carbonyl (C=O) groups is 1. The molecule has 140 valence electrons. The van der Waals surface area contributed by atoms with Crippen LogP contribution in [0.5, 0.6) is 5.75 Å². The van der Waals surface area contributed by atoms with Crippen LogP contribution in [-0.4, -0.2) is 16.0 Å². The summed E-state index contributed by atoms with van der Waals surface area (Å²) < 4.78 is 5.88. The van der Waals surface area contributed by atoms with E-state index in [1.165, 1.54) is 17.4 Å². The summed E-state index contributed by atoms with van der Waals surface area (Å²) in [6.07, 6.45) is 1.62. The number of aromatic hydroxyl groups is 1. The Labute approximate surface area is 164 Å². The molecule has 28 heavy (non-hydrogen) atoms. The van der Waals surface area contributed by atoms with E-state index in [1.807, 2.05) is 32.0 Å². The molecule has 2 aromatic carbocycles. The van der Waals surface area contributed by atoms with Gasteiger partial charge in [0.25, 0.3) is 5.91 Å². The molecule has 2 aromatic heterocycles. The van der Waals surface area contributed by atoms with E-state index in [9.17, 15) is 9.90 Å². The van der Waals surface area contributed by atoms with Crippen molar-refractivity contribution in [3.8, 4) is 5.75 Å². The Bertz CT molecular complexity index is 1240. The lowest BCUT2D eigenvalue weighted by molar-refractivity contribution is 0.102. The van der Waals surface area contributed by atoms with Crippen molar-refractivity contribution in [1.82, 2.24) is 4.98 Å². The lowest BCUT2D eigenvalue weighted by atomic mass is 10.1. The Morgan fingerprint density at radius 3 is 2.75 bits per heavy atom. The van der Waals surface area contributed by atoms with Crippen LogP contribution >= 0.6 is 11.3 Å². The Balaban J connectivity index is 1.89. The van der Waals surface area contributed by atoms with Crippen LogP contribution in [0.4, 0.5) is 10.8 Å². The Kier molecular flexibility index (Phi) is 4.67. The second-order valence-electron chi connectivity index (χ2n) is 6.36. The molecule has 0 radical (unpaired) electrons. The van der Waals surface area contributed by atoms with Gasteiger partial charge in [-0.15, -0.1) is 11.3 Å². The first kappa shape index (κ1) is 17.9. The van der Waals surface area contributed by atoms with E-state index < -0.39 is 0 Å². The number of nitrogens with zero attached hydrogens (tertiary/aromatic N) is 2. The summed E-state index contributed by atoms with van der Waals surface area (Å²) in [5.41, 5.74) is 3.81. The van der Waals surface area contributed by atoms with Gasteiger partial charge in [0.1, 0.15) is 16.9 Å². The van der Waals surface area contributed by atoms with Gasteiger partial charge in [0.15, 0.2) is 5.13 Å². The molecule has 0 bridgehead atoms. The van der Waals surface area contributed by atoms with Crippen LogP contribution in [0.15, 0.2) is 63.5 Å². The zero-order chi connectivity index (χ0) is 19.7. The van der Waals surface area contributed by atoms with Crippen LogP contribution in [0.25, 0.3) is 11.0 Å². The van der Waals surface area contributed by atoms with Gasteiger partial charge in [-0.25, -0.2) is 9.98 Å². The molecule has 0 aliphatic carbocycles. The summed E-state index contributed by atoms with van der Waals surface area (Å²) in [4.78, 5) is 21.5. The van der Waals surface area contributed by atoms with E-state index in [4.69, 9.17) is 4.42 Å². The van der Waals surface area contributed by atoms with E-state index >= 15 is 0 Å². The molecule has 0 atom stereocenters. The quantitative estimate of drug-likeness (QED) is 0.530. The van der Waals surface area contributed by atoms with Gasteiger partial charge in [-0.3, -0.25) is 10.1 Å². The molecular weight excluding hydrogens is 374 g/mol. The van der Waals surface area contributed by atoms with Crippen LogP contribution in [0.1, 0.15) is 21.5 Å². The zero-order valence-corrected chi connectivity index (χ0v) is 16.1. The summed E-state index contributed by atoms with van der Waals surface area (Å²) in [6.45, 7) is 4.02. The number of anilines is 1. The topological polar surface area (TPSA) is 87.7 Å². The predicted octanol–water partition coefficient (Wildman–Crippen LogP) is 4.70. The van der Waals surface area contributed by atoms with E-state index in [0.717, 1.165) is 11.1 Å². The number of fused-ring (bicyclic) bond motifs is 1. The normalized spacial score (nSPS) is 11.7. The summed E-state index contributed by atoms with van der Waals surface area (Å²) >= 11 is 1.33. The average molecular weight is 391 g/mol. The molecular formula is C21H17N3O3S. The molecule has 6 nitrogen and oxygen atoms in total. The van der Waals surface area contributed by atoms with Gasteiger partial charge in [-0.05, 0) is 55.3 Å². The number of phenols is 1. The molecule has 7 heteroatoms. The SMILES string of the molecule is Cc1ccc(N=c2oc3cc(O)ccc3cc2C(=O)Nc2nccs2)cc1C. The molecule has 0 fully saturated rings. The number of phenolic OH excluding ortho intramolecular Hbond substituents is 1. The van der Waals surface area contributed by atoms with Crippen LogP contribution in [0.2, 0.25) is 0 Å². The lowest BCUT2D eigenvalue weighted by Crippen LogP contribution is -2.21. The van der Waals surface area contributed by atoms with Crippen LogP contribution < -0.4 is 10.9 Å². The Morgan fingerprint density at radius 1 is 1.14 bits per heavy atom. The summed E-state index contributed by atoms with van der Waals surface area (Å²) in [6, 6.07) is 12.2. The molecule has 0 unspecified atom stereocenters. The largest absolute Gasteiger partial charge is 0.508 e. The van der Waals surface area contributed by atoms with E-state index in [-0.39, 0.29) is 22.8 Å². The minimum atomic E-state index is -0.365. The van der Waals surface area contributed by atoms with Crippen molar-refractivity contribution in [2.45, 2.75) is 13.8 Å². The number of carbonyl (C=O) groups excluding carboxylic acids is 1. The van der Waals surface area contributed by atoms with Crippen molar-refractivity contribution in [2.75, 3.05) is 5.32 Å². The highest BCUT2D eigenvalue weighted by Gasteiger charge is 2.14. The third-order valence-corrected chi connectivity index (χ3v) is 5.04. The molecule has 2 N–H and O–H groups in total. The maximum Gasteiger partial charge on any atom is 0.262 e. The van der Waals surface area contributed by atoms with E-state index in [2.05, 4.69) is 15.3 Å². The van der Waals surface area contributed by atoms with E-state index in [0.29, 0.717) is 21.8 Å². The molecule has 0 aliphatic rings. The lowest BCUT2D eigenvalue weighted by Gasteiger charge is -2.06. The van der Waals surface area contributed by atoms with Crippen molar-refractivity contribution in [3.05, 3.63) is 76.3 Å². The fraction of sp³-hybridized carbons (Fsp3) is 0.0952. The number of rotatable bonds is 3. The number of thiazole rings is 1. The summed E-state index contributed by atoms with van der Waals surface area (Å²) in [5, 5.41) is 15.5. The summed E-state index contributed by atoms with van der Waals surface area (Å²) in [7, 11) is 0. The van der Waals surface area contributed by atoms with Crippen LogP contribution in [-0.2, 0) is 0 Å². The van der Waals surface area contributed by atoms with Crippen molar-refractivity contribution < 1.29 is 14.3 Å². The molecule has 2 heterocycles. The van der Waals surface area contributed by atoms with Gasteiger partial charge in [-0.2, -0.15) is 0 Å². The summed E-state index contributed by atoms with van der Waals surface area (Å²) in [5.74, 6) is -0.287. The highest BCUT2D eigenvalue weighted by Crippen LogP contribution is 2.21. The third kappa shape index (κ3) is 3.65. The number of hydrogen-bond donors (Lipinski definition) is 2. The van der Waals surface area contributed by atoms with Gasteiger partial charge in [0.05, 0.1) is 5.69 Å². The number of benzene rings is 2. The third-order valence-electron chi connectivity index (χ3n) is 4.35. The van der Waals surface area contributed by atoms with Crippen molar-refractivity contribution >= 4 is 39.0 Å². The smallest absolute Gasteiger partial charge is 0.262 e. The van der Waals surface area contributed by atoms with Gasteiger partial charge in [0, 0.05) is 23.0 Å². The number of hydrogen-bond acceptors (Lipinski definition) is 6. The highest BCUT2D eigenvalue weighted by molar-refractivity contribution is 7.13. The van der Waals surface area contributed by atoms with Crippen molar-refractivity contribution in [1.29, 1.82) is 0 Å². The minimum Gasteiger partial charge on any atom is -0.508 e. The fourth-order valence-electron chi connectivity index (χ4n) is 2.71. The maximum absolute atomic E-state index is 12.8. The molecule has 1 amide bonds. The van der Waals surface area contributed by atoms with Crippen molar-refractivity contribution in [3.63, 3.8) is 0 Å². The first-order valence-electron chi connectivity index (χ1n) is 8.59. The molecule has 0 saturated carbocycles. The van der Waals surface area contributed by atoms with Crippen molar-refractivity contribution in [2.24, 2.45) is 4.99 Å². The van der Waals surface area contributed by atoms with Gasteiger partial charge in [-0.1, -0.05) is 6.07 Å². The molecule has 0 saturated heterocycles. The predicted molar refractivity (Wildman–Crippen MR) is 109 cm³/mol. The molecule has 0 aliphatic heterocycles. The second kappa shape index (κ2) is 7.28. The monoisotopic (exact) mass is 391 g/mol. The Hall–Kier alpha value is -3.45. The van der Waals surface area contributed by atoms with Gasteiger partial charge >= 0.3 is 0 Å². The fourth-order valence-corrected chi connectivity index (χ4v) is 3.24. The molecule has 4 aromatic rings. The first-order chi connectivity index (χ1) is 13.5. The molecule has 0 spiro atoms. The van der Waals surface area contributed by atoms with E-state index in [1.54, 1.807) is 29.8 Å². The average Bonchev–Trinajstić information content (AvgIpc) is 3.17. The second-order valence-corrected chi connectivity index (χ2v) is 7.25.